The Bertz CT molecular complexity index is 465. The van der Waals surface area contributed by atoms with Gasteiger partial charge in [0.05, 0.1) is 24.5 Å². The molecule has 2 heterocycles. The van der Waals surface area contributed by atoms with Crippen LogP contribution >= 0.6 is 0 Å². The van der Waals surface area contributed by atoms with Crippen LogP contribution in [0, 0.1) is 11.8 Å². The summed E-state index contributed by atoms with van der Waals surface area (Å²) in [4.78, 5) is 18.2. The zero-order chi connectivity index (χ0) is 14.2. The van der Waals surface area contributed by atoms with Crippen molar-refractivity contribution in [2.75, 3.05) is 6.54 Å². The Labute approximate surface area is 114 Å². The number of hydrogen-bond acceptors (Lipinski definition) is 3. The molecule has 1 aromatic rings. The van der Waals surface area contributed by atoms with Crippen LogP contribution < -0.4 is 0 Å². The number of fused-ring (bicyclic) bond motifs is 1. The fraction of sp³-hybridized carbons (Fsp3) is 0.714. The van der Waals surface area contributed by atoms with Gasteiger partial charge in [-0.2, -0.15) is 0 Å². The summed E-state index contributed by atoms with van der Waals surface area (Å²) < 4.78 is 2.05. The molecule has 19 heavy (non-hydrogen) atoms. The van der Waals surface area contributed by atoms with Crippen molar-refractivity contribution < 1.29 is 9.90 Å². The van der Waals surface area contributed by atoms with Gasteiger partial charge in [-0.25, -0.2) is 4.98 Å². The molecule has 1 N–H and O–H groups in total. The molecule has 1 amide bonds. The second-order valence-corrected chi connectivity index (χ2v) is 5.85. The van der Waals surface area contributed by atoms with Gasteiger partial charge in [0.1, 0.15) is 5.82 Å². The maximum atomic E-state index is 12.0. The third-order valence-corrected chi connectivity index (χ3v) is 3.63. The Morgan fingerprint density at radius 1 is 1.32 bits per heavy atom. The van der Waals surface area contributed by atoms with Crippen LogP contribution in [0.3, 0.4) is 0 Å². The summed E-state index contributed by atoms with van der Waals surface area (Å²) in [7, 11) is 0. The number of carbonyl (C=O) groups is 1. The van der Waals surface area contributed by atoms with E-state index < -0.39 is 6.10 Å². The molecular weight excluding hydrogens is 242 g/mol. The molecule has 0 spiro atoms. The highest BCUT2D eigenvalue weighted by Gasteiger charge is 2.27. The largest absolute Gasteiger partial charge is 0.387 e. The molecule has 1 atom stereocenters. The summed E-state index contributed by atoms with van der Waals surface area (Å²) >= 11 is 0. The van der Waals surface area contributed by atoms with E-state index in [0.29, 0.717) is 19.6 Å². The first-order valence-corrected chi connectivity index (χ1v) is 6.93. The number of nitrogens with zero attached hydrogens (tertiary/aromatic N) is 3. The number of rotatable bonds is 3. The lowest BCUT2D eigenvalue weighted by atomic mass is 10.0. The fourth-order valence-electron chi connectivity index (χ4n) is 2.41. The first kappa shape index (κ1) is 14.1. The molecule has 5 nitrogen and oxygen atoms in total. The molecule has 0 aromatic carbocycles. The average molecular weight is 265 g/mol. The Hall–Kier alpha value is -1.36. The summed E-state index contributed by atoms with van der Waals surface area (Å²) in [5, 5.41) is 10.2. The van der Waals surface area contributed by atoms with Gasteiger partial charge in [-0.1, -0.05) is 27.7 Å². The molecule has 1 aromatic heterocycles. The van der Waals surface area contributed by atoms with E-state index in [-0.39, 0.29) is 17.7 Å². The van der Waals surface area contributed by atoms with E-state index in [1.807, 2.05) is 32.6 Å². The SMILES string of the molecule is CC(C)C(=O)N1CCn2c(C(O)C(C)C)cnc2C1. The first-order valence-electron chi connectivity index (χ1n) is 6.93. The van der Waals surface area contributed by atoms with Gasteiger partial charge in [-0.15, -0.1) is 0 Å². The van der Waals surface area contributed by atoms with E-state index in [9.17, 15) is 9.90 Å². The Kier molecular flexibility index (Phi) is 3.94. The second-order valence-electron chi connectivity index (χ2n) is 5.85. The van der Waals surface area contributed by atoms with Crippen LogP contribution in [0.1, 0.15) is 45.3 Å². The molecule has 106 valence electrons. The van der Waals surface area contributed by atoms with Crippen molar-refractivity contribution in [2.45, 2.75) is 46.9 Å². The van der Waals surface area contributed by atoms with E-state index in [1.165, 1.54) is 0 Å². The lowest BCUT2D eigenvalue weighted by molar-refractivity contribution is -0.136. The predicted octanol–water partition coefficient (Wildman–Crippen LogP) is 1.57. The second kappa shape index (κ2) is 5.33. The van der Waals surface area contributed by atoms with Crippen LogP contribution in [0.4, 0.5) is 0 Å². The average Bonchev–Trinajstić information content (AvgIpc) is 2.79. The molecule has 0 radical (unpaired) electrons. The quantitative estimate of drug-likeness (QED) is 0.902. The minimum Gasteiger partial charge on any atom is -0.387 e. The Morgan fingerprint density at radius 2 is 2.00 bits per heavy atom. The number of aliphatic hydroxyl groups is 1. The molecule has 5 heteroatoms. The summed E-state index contributed by atoms with van der Waals surface area (Å²) in [6, 6.07) is 0. The number of hydrogen-bond donors (Lipinski definition) is 1. The maximum absolute atomic E-state index is 12.0. The highest BCUT2D eigenvalue weighted by molar-refractivity contribution is 5.78. The number of aliphatic hydroxyl groups excluding tert-OH is 1. The van der Waals surface area contributed by atoms with Crippen molar-refractivity contribution in [1.29, 1.82) is 0 Å². The van der Waals surface area contributed by atoms with Crippen molar-refractivity contribution in [3.05, 3.63) is 17.7 Å². The van der Waals surface area contributed by atoms with Crippen molar-refractivity contribution in [3.63, 3.8) is 0 Å². The zero-order valence-corrected chi connectivity index (χ0v) is 12.1. The monoisotopic (exact) mass is 265 g/mol. The van der Waals surface area contributed by atoms with Crippen LogP contribution in [-0.4, -0.2) is 32.0 Å². The van der Waals surface area contributed by atoms with E-state index in [2.05, 4.69) is 9.55 Å². The third-order valence-electron chi connectivity index (χ3n) is 3.63. The van der Waals surface area contributed by atoms with Gasteiger partial charge in [0.25, 0.3) is 0 Å². The molecule has 1 aliphatic heterocycles. The lowest BCUT2D eigenvalue weighted by Crippen LogP contribution is -2.41. The van der Waals surface area contributed by atoms with Crippen molar-refractivity contribution in [2.24, 2.45) is 11.8 Å². The Balaban J connectivity index is 2.18. The zero-order valence-electron chi connectivity index (χ0n) is 12.1. The third kappa shape index (κ3) is 2.66. The predicted molar refractivity (Wildman–Crippen MR) is 72.3 cm³/mol. The van der Waals surface area contributed by atoms with E-state index in [4.69, 9.17) is 0 Å². The molecule has 1 aliphatic rings. The maximum Gasteiger partial charge on any atom is 0.225 e. The minimum absolute atomic E-state index is 0.0160. The molecule has 1 unspecified atom stereocenters. The van der Waals surface area contributed by atoms with Crippen LogP contribution in [-0.2, 0) is 17.9 Å². The van der Waals surface area contributed by atoms with Crippen LogP contribution in [0.5, 0.6) is 0 Å². The molecule has 0 aliphatic carbocycles. The topological polar surface area (TPSA) is 58.4 Å². The van der Waals surface area contributed by atoms with Crippen molar-refractivity contribution in [1.82, 2.24) is 14.5 Å². The van der Waals surface area contributed by atoms with E-state index in [1.54, 1.807) is 6.20 Å². The summed E-state index contributed by atoms with van der Waals surface area (Å²) in [5.41, 5.74) is 0.863. The smallest absolute Gasteiger partial charge is 0.225 e. The molecular formula is C14H23N3O2. The van der Waals surface area contributed by atoms with E-state index >= 15 is 0 Å². The molecule has 2 rings (SSSR count). The van der Waals surface area contributed by atoms with Gasteiger partial charge in [0, 0.05) is 19.0 Å². The van der Waals surface area contributed by atoms with Gasteiger partial charge in [0.2, 0.25) is 5.91 Å². The van der Waals surface area contributed by atoms with E-state index in [0.717, 1.165) is 11.5 Å². The fourth-order valence-corrected chi connectivity index (χ4v) is 2.41. The van der Waals surface area contributed by atoms with Gasteiger partial charge in [0.15, 0.2) is 0 Å². The number of amides is 1. The molecule has 0 saturated heterocycles. The number of imidazole rings is 1. The first-order chi connectivity index (χ1) is 8.91. The normalized spacial score (nSPS) is 16.9. The molecule has 0 saturated carbocycles. The highest BCUT2D eigenvalue weighted by Crippen LogP contribution is 2.25. The van der Waals surface area contributed by atoms with Crippen LogP contribution in [0.15, 0.2) is 6.20 Å². The highest BCUT2D eigenvalue weighted by atomic mass is 16.3. The minimum atomic E-state index is -0.492. The summed E-state index contributed by atoms with van der Waals surface area (Å²) in [5.74, 6) is 1.22. The van der Waals surface area contributed by atoms with Crippen molar-refractivity contribution >= 4 is 5.91 Å². The summed E-state index contributed by atoms with van der Waals surface area (Å²) in [6.45, 7) is 9.76. The lowest BCUT2D eigenvalue weighted by Gasteiger charge is -2.30. The molecule has 0 fully saturated rings. The van der Waals surface area contributed by atoms with Crippen LogP contribution in [0.25, 0.3) is 0 Å². The van der Waals surface area contributed by atoms with Crippen LogP contribution in [0.2, 0.25) is 0 Å². The molecule has 0 bridgehead atoms. The summed E-state index contributed by atoms with van der Waals surface area (Å²) in [6.07, 6.45) is 1.25. The number of carbonyl (C=O) groups excluding carboxylic acids is 1. The standard InChI is InChI=1S/C14H23N3O2/c1-9(2)13(18)11-7-15-12-8-16(5-6-17(11)12)14(19)10(3)4/h7,9-10,13,18H,5-6,8H2,1-4H3. The van der Waals surface area contributed by atoms with Gasteiger partial charge < -0.3 is 14.6 Å². The number of aromatic nitrogens is 2. The Morgan fingerprint density at radius 3 is 2.58 bits per heavy atom. The van der Waals surface area contributed by atoms with Gasteiger partial charge in [-0.3, -0.25) is 4.79 Å². The van der Waals surface area contributed by atoms with Gasteiger partial charge >= 0.3 is 0 Å². The van der Waals surface area contributed by atoms with Crippen molar-refractivity contribution in [3.8, 4) is 0 Å². The van der Waals surface area contributed by atoms with Gasteiger partial charge in [-0.05, 0) is 5.92 Å².